The van der Waals surface area contributed by atoms with E-state index in [1.54, 1.807) is 0 Å². The number of nitrogens with two attached hydrogens (primary N) is 1. The second kappa shape index (κ2) is 30.8. The third-order valence-electron chi connectivity index (χ3n) is 7.15. The Morgan fingerprint density at radius 1 is 0.674 bits per heavy atom. The van der Waals surface area contributed by atoms with Gasteiger partial charge in [-0.1, -0.05) is 116 Å². The van der Waals surface area contributed by atoms with Crippen LogP contribution in [0.1, 0.15) is 155 Å². The number of carbonyl (C=O) groups excluding carboxylic acids is 2. The molecule has 0 radical (unpaired) electrons. The molecule has 0 saturated heterocycles. The Hall–Kier alpha value is -1.25. The lowest BCUT2D eigenvalue weighted by Crippen LogP contribution is -2.29. The van der Waals surface area contributed by atoms with Crippen LogP contribution in [0.5, 0.6) is 0 Å². The molecule has 0 aromatic rings. The number of phosphoric acid groups is 1. The SMILES string of the molecule is CCCCCCCCCC/C=C/CCCCCC(=O)O[C@H](COC(=O)CCCCCCCCC)COP(=O)(O)OCCN. The summed E-state index contributed by atoms with van der Waals surface area (Å²) in [4.78, 5) is 34.4. The first kappa shape index (κ1) is 41.8. The molecule has 2 atom stereocenters. The number of ether oxygens (including phenoxy) is 2. The van der Waals surface area contributed by atoms with E-state index in [-0.39, 0.29) is 32.6 Å². The maximum Gasteiger partial charge on any atom is 0.472 e. The predicted molar refractivity (Wildman–Crippen MR) is 174 cm³/mol. The summed E-state index contributed by atoms with van der Waals surface area (Å²) in [6.45, 7) is 3.64. The van der Waals surface area contributed by atoms with Gasteiger partial charge in [-0.3, -0.25) is 18.6 Å². The number of unbranched alkanes of at least 4 members (excludes halogenated alkanes) is 17. The van der Waals surface area contributed by atoms with Gasteiger partial charge in [0.1, 0.15) is 6.61 Å². The van der Waals surface area contributed by atoms with Gasteiger partial charge >= 0.3 is 19.8 Å². The van der Waals surface area contributed by atoms with Crippen molar-refractivity contribution >= 4 is 19.8 Å². The van der Waals surface area contributed by atoms with Crippen LogP contribution in [0, 0.1) is 0 Å². The molecule has 9 nitrogen and oxygen atoms in total. The van der Waals surface area contributed by atoms with Crippen molar-refractivity contribution in [3.05, 3.63) is 12.2 Å². The predicted octanol–water partition coefficient (Wildman–Crippen LogP) is 8.71. The van der Waals surface area contributed by atoms with E-state index in [2.05, 4.69) is 26.0 Å². The molecule has 0 amide bonds. The maximum absolute atomic E-state index is 12.4. The van der Waals surface area contributed by atoms with Crippen LogP contribution in [-0.2, 0) is 32.7 Å². The normalized spacial score (nSPS) is 13.7. The number of carbonyl (C=O) groups is 2. The van der Waals surface area contributed by atoms with Gasteiger partial charge in [-0.2, -0.15) is 0 Å². The zero-order valence-corrected chi connectivity index (χ0v) is 28.3. The van der Waals surface area contributed by atoms with Crippen molar-refractivity contribution in [2.24, 2.45) is 5.73 Å². The van der Waals surface area contributed by atoms with Crippen LogP contribution in [0.2, 0.25) is 0 Å². The molecule has 0 aliphatic heterocycles. The van der Waals surface area contributed by atoms with Gasteiger partial charge in [0.25, 0.3) is 0 Å². The highest BCUT2D eigenvalue weighted by atomic mass is 31.2. The zero-order valence-electron chi connectivity index (χ0n) is 27.4. The van der Waals surface area contributed by atoms with Crippen LogP contribution in [0.4, 0.5) is 0 Å². The Bertz CT molecular complexity index is 734. The molecular weight excluding hydrogens is 569 g/mol. The lowest BCUT2D eigenvalue weighted by Gasteiger charge is -2.19. The van der Waals surface area contributed by atoms with Crippen LogP contribution >= 0.6 is 7.82 Å². The van der Waals surface area contributed by atoms with Crippen LogP contribution < -0.4 is 5.73 Å². The molecule has 1 unspecified atom stereocenters. The van der Waals surface area contributed by atoms with E-state index < -0.39 is 32.5 Å². The van der Waals surface area contributed by atoms with E-state index in [0.717, 1.165) is 44.9 Å². The molecule has 0 aliphatic carbocycles. The number of hydrogen-bond donors (Lipinski definition) is 2. The summed E-state index contributed by atoms with van der Waals surface area (Å²) in [5.74, 6) is -0.853. The average molecular weight is 634 g/mol. The molecule has 0 saturated carbocycles. The second-order valence-electron chi connectivity index (χ2n) is 11.4. The smallest absolute Gasteiger partial charge is 0.462 e. The number of phosphoric ester groups is 1. The molecule has 0 fully saturated rings. The van der Waals surface area contributed by atoms with Gasteiger partial charge < -0.3 is 20.1 Å². The Morgan fingerprint density at radius 2 is 1.14 bits per heavy atom. The van der Waals surface area contributed by atoms with Gasteiger partial charge in [0.15, 0.2) is 6.10 Å². The number of allylic oxidation sites excluding steroid dienone is 2. The first-order chi connectivity index (χ1) is 20.8. The van der Waals surface area contributed by atoms with E-state index in [9.17, 15) is 19.0 Å². The fraction of sp³-hybridized carbons (Fsp3) is 0.879. The van der Waals surface area contributed by atoms with Gasteiger partial charge in [0.05, 0.1) is 13.2 Å². The fourth-order valence-electron chi connectivity index (χ4n) is 4.57. The van der Waals surface area contributed by atoms with Crippen molar-refractivity contribution in [1.29, 1.82) is 0 Å². The zero-order chi connectivity index (χ0) is 31.9. The summed E-state index contributed by atoms with van der Waals surface area (Å²) in [6.07, 6.45) is 26.9. The summed E-state index contributed by atoms with van der Waals surface area (Å²) >= 11 is 0. The lowest BCUT2D eigenvalue weighted by molar-refractivity contribution is -0.161. The van der Waals surface area contributed by atoms with E-state index in [4.69, 9.17) is 24.3 Å². The third kappa shape index (κ3) is 30.6. The molecule has 0 spiro atoms. The van der Waals surface area contributed by atoms with Gasteiger partial charge in [0, 0.05) is 19.4 Å². The Kier molecular flexibility index (Phi) is 29.9. The fourth-order valence-corrected chi connectivity index (χ4v) is 5.33. The molecule has 0 bridgehead atoms. The summed E-state index contributed by atoms with van der Waals surface area (Å²) in [5.41, 5.74) is 5.31. The van der Waals surface area contributed by atoms with Crippen molar-refractivity contribution in [3.8, 4) is 0 Å². The quantitative estimate of drug-likeness (QED) is 0.0323. The van der Waals surface area contributed by atoms with Crippen LogP contribution in [0.3, 0.4) is 0 Å². The van der Waals surface area contributed by atoms with E-state index in [0.29, 0.717) is 6.42 Å². The first-order valence-corrected chi connectivity index (χ1v) is 18.7. The summed E-state index contributed by atoms with van der Waals surface area (Å²) in [7, 11) is -4.36. The third-order valence-corrected chi connectivity index (χ3v) is 8.14. The molecule has 254 valence electrons. The standard InChI is InChI=1S/C33H64NO8P/c1-3-5-7-9-11-12-13-14-15-16-17-18-20-22-24-26-33(36)42-31(30-41-43(37,38)40-28-27-34)29-39-32(35)25-23-21-19-10-8-6-4-2/h16-17,31H,3-15,18-30,34H2,1-2H3,(H,37,38)/b17-16+/t31-/m1/s1. The van der Waals surface area contributed by atoms with Gasteiger partial charge in [-0.25, -0.2) is 4.57 Å². The van der Waals surface area contributed by atoms with Crippen molar-refractivity contribution in [2.75, 3.05) is 26.4 Å². The van der Waals surface area contributed by atoms with Crippen LogP contribution in [0.25, 0.3) is 0 Å². The topological polar surface area (TPSA) is 134 Å². The lowest BCUT2D eigenvalue weighted by atomic mass is 10.1. The Labute approximate surface area is 262 Å². The summed E-state index contributed by atoms with van der Waals surface area (Å²) in [5, 5.41) is 0. The minimum absolute atomic E-state index is 0.0532. The second-order valence-corrected chi connectivity index (χ2v) is 12.8. The van der Waals surface area contributed by atoms with Crippen molar-refractivity contribution < 1.29 is 37.6 Å². The number of hydrogen-bond acceptors (Lipinski definition) is 8. The van der Waals surface area contributed by atoms with Crippen molar-refractivity contribution in [1.82, 2.24) is 0 Å². The molecule has 43 heavy (non-hydrogen) atoms. The minimum atomic E-state index is -4.36. The summed E-state index contributed by atoms with van der Waals surface area (Å²) < 4.78 is 32.4. The molecule has 3 N–H and O–H groups in total. The van der Waals surface area contributed by atoms with E-state index in [1.807, 2.05) is 0 Å². The van der Waals surface area contributed by atoms with Gasteiger partial charge in [-0.05, 0) is 38.5 Å². The Morgan fingerprint density at radius 3 is 1.67 bits per heavy atom. The summed E-state index contributed by atoms with van der Waals surface area (Å²) in [6, 6.07) is 0. The molecular formula is C33H64NO8P. The minimum Gasteiger partial charge on any atom is -0.462 e. The highest BCUT2D eigenvalue weighted by Crippen LogP contribution is 2.43. The number of esters is 2. The molecule has 0 aliphatic rings. The largest absolute Gasteiger partial charge is 0.472 e. The van der Waals surface area contributed by atoms with Gasteiger partial charge in [0.2, 0.25) is 0 Å². The van der Waals surface area contributed by atoms with Crippen molar-refractivity contribution in [3.63, 3.8) is 0 Å². The monoisotopic (exact) mass is 633 g/mol. The van der Waals surface area contributed by atoms with E-state index in [1.165, 1.54) is 77.0 Å². The molecule has 0 rings (SSSR count). The van der Waals surface area contributed by atoms with Gasteiger partial charge in [-0.15, -0.1) is 0 Å². The first-order valence-electron chi connectivity index (χ1n) is 17.2. The Balaban J connectivity index is 4.25. The highest BCUT2D eigenvalue weighted by molar-refractivity contribution is 7.47. The number of rotatable bonds is 32. The van der Waals surface area contributed by atoms with Crippen molar-refractivity contribution in [2.45, 2.75) is 161 Å². The molecule has 0 aromatic heterocycles. The average Bonchev–Trinajstić information content (AvgIpc) is 2.99. The molecule has 0 aromatic carbocycles. The van der Waals surface area contributed by atoms with Crippen LogP contribution in [0.15, 0.2) is 12.2 Å². The van der Waals surface area contributed by atoms with E-state index >= 15 is 0 Å². The van der Waals surface area contributed by atoms with Crippen LogP contribution in [-0.4, -0.2) is 49.3 Å². The maximum atomic E-state index is 12.4. The molecule has 10 heteroatoms. The highest BCUT2D eigenvalue weighted by Gasteiger charge is 2.25. The molecule has 0 heterocycles.